The van der Waals surface area contributed by atoms with E-state index in [9.17, 15) is 18.0 Å². The van der Waals surface area contributed by atoms with E-state index in [4.69, 9.17) is 4.52 Å². The van der Waals surface area contributed by atoms with Gasteiger partial charge in [0.2, 0.25) is 10.0 Å². The lowest BCUT2D eigenvalue weighted by Gasteiger charge is -2.25. The summed E-state index contributed by atoms with van der Waals surface area (Å²) < 4.78 is 34.8. The van der Waals surface area contributed by atoms with Crippen LogP contribution in [0.25, 0.3) is 0 Å². The van der Waals surface area contributed by atoms with Gasteiger partial charge in [0, 0.05) is 5.54 Å². The van der Waals surface area contributed by atoms with E-state index in [2.05, 4.69) is 9.88 Å². The van der Waals surface area contributed by atoms with Crippen molar-refractivity contribution in [2.75, 3.05) is 7.05 Å². The van der Waals surface area contributed by atoms with Crippen molar-refractivity contribution in [2.45, 2.75) is 50.9 Å². The molecule has 2 heterocycles. The van der Waals surface area contributed by atoms with Crippen LogP contribution in [0.4, 0.5) is 4.79 Å². The number of allylic oxidation sites excluding steroid dienone is 1. The summed E-state index contributed by atoms with van der Waals surface area (Å²) in [7, 11) is -2.31. The Hall–Kier alpha value is -2.59. The minimum atomic E-state index is -3.69. The topological polar surface area (TPSA) is 113 Å². The largest absolute Gasteiger partial charge is 0.501 e. The van der Waals surface area contributed by atoms with Crippen molar-refractivity contribution in [2.24, 2.45) is 0 Å². The van der Waals surface area contributed by atoms with Gasteiger partial charge < -0.3 is 4.52 Å². The van der Waals surface area contributed by atoms with Crippen LogP contribution >= 0.6 is 0 Å². The number of aryl methyl sites for hydroxylation is 2. The van der Waals surface area contributed by atoms with Gasteiger partial charge in [-0.15, -0.1) is 0 Å². The normalized spacial score (nSPS) is 23.4. The van der Waals surface area contributed by atoms with E-state index in [-0.39, 0.29) is 12.1 Å². The van der Waals surface area contributed by atoms with Gasteiger partial charge in [0.05, 0.1) is 18.3 Å². The quantitative estimate of drug-likeness (QED) is 0.717. The van der Waals surface area contributed by atoms with Gasteiger partial charge in [-0.3, -0.25) is 0 Å². The molecule has 0 bridgehead atoms. The fourth-order valence-corrected chi connectivity index (χ4v) is 5.11. The number of carbonyl (C=O) groups is 2. The average molecular weight is 419 g/mol. The zero-order valence-electron chi connectivity index (χ0n) is 16.7. The number of sulfonamides is 1. The standard InChI is InChI=1S/C19H23N4O5S/c1-11-15(12(2)28-20-11)10-23-16-6-5-13(29(26,27)21-19(3)7-8-19)9-14(16)17(24)22(4)18(23)25/h5-6,9,13,21H,7-8,10H2,1-4H3/q+1. The molecule has 1 fully saturated rings. The number of likely N-dealkylation sites (N-methyl/N-ethyl adjacent to an activating group) is 1. The Labute approximate surface area is 168 Å². The highest BCUT2D eigenvalue weighted by atomic mass is 32.2. The van der Waals surface area contributed by atoms with Crippen molar-refractivity contribution in [1.29, 1.82) is 0 Å². The van der Waals surface area contributed by atoms with Crippen LogP contribution in [0.1, 0.15) is 36.8 Å². The van der Waals surface area contributed by atoms with Crippen LogP contribution in [0.5, 0.6) is 0 Å². The third-order valence-corrected chi connectivity index (χ3v) is 7.43. The van der Waals surface area contributed by atoms with E-state index in [0.717, 1.165) is 23.3 Å². The van der Waals surface area contributed by atoms with Gasteiger partial charge >= 0.3 is 11.9 Å². The van der Waals surface area contributed by atoms with Crippen molar-refractivity contribution >= 4 is 27.7 Å². The molecule has 1 atom stereocenters. The zero-order valence-corrected chi connectivity index (χ0v) is 17.5. The Kier molecular flexibility index (Phi) is 4.39. The first-order chi connectivity index (χ1) is 13.5. The fraction of sp³-hybridized carbons (Fsp3) is 0.474. The van der Waals surface area contributed by atoms with E-state index >= 15 is 0 Å². The minimum Gasteiger partial charge on any atom is -0.361 e. The molecule has 10 heteroatoms. The van der Waals surface area contributed by atoms with E-state index in [1.165, 1.54) is 29.9 Å². The molecule has 1 aromatic rings. The molecule has 1 aliphatic heterocycles. The minimum absolute atomic E-state index is 0.169. The van der Waals surface area contributed by atoms with Gasteiger partial charge in [-0.05, 0) is 45.8 Å². The number of imide groups is 1. The molecular formula is C19H23N4O5S+. The van der Waals surface area contributed by atoms with Crippen molar-refractivity contribution in [1.82, 2.24) is 14.8 Å². The Morgan fingerprint density at radius 2 is 2.03 bits per heavy atom. The molecule has 0 radical (unpaired) electrons. The summed E-state index contributed by atoms with van der Waals surface area (Å²) in [5.74, 6) is 0.0605. The Bertz CT molecular complexity index is 1100. The maximum Gasteiger partial charge on any atom is 0.501 e. The Morgan fingerprint density at radius 1 is 1.34 bits per heavy atom. The second kappa shape index (κ2) is 6.46. The summed E-state index contributed by atoms with van der Waals surface area (Å²) in [6.45, 7) is 5.55. The maximum absolute atomic E-state index is 12.8. The summed E-state index contributed by atoms with van der Waals surface area (Å²) in [5, 5.41) is 2.92. The molecule has 29 heavy (non-hydrogen) atoms. The smallest absolute Gasteiger partial charge is 0.361 e. The Morgan fingerprint density at radius 3 is 2.62 bits per heavy atom. The number of aromatic nitrogens is 1. The van der Waals surface area contributed by atoms with Gasteiger partial charge in [-0.25, -0.2) is 17.9 Å². The van der Waals surface area contributed by atoms with E-state index in [1.807, 2.05) is 6.92 Å². The molecule has 3 aliphatic rings. The van der Waals surface area contributed by atoms with Crippen LogP contribution in [-0.2, 0) is 21.4 Å². The van der Waals surface area contributed by atoms with Gasteiger partial charge in [-0.2, -0.15) is 14.3 Å². The second-order valence-corrected chi connectivity index (χ2v) is 9.87. The molecule has 3 amide bonds. The van der Waals surface area contributed by atoms with E-state index in [1.54, 1.807) is 13.8 Å². The molecule has 1 N–H and O–H groups in total. The first kappa shape index (κ1) is 19.7. The average Bonchev–Trinajstić information content (AvgIpc) is 3.30. The molecule has 0 saturated heterocycles. The second-order valence-electron chi connectivity index (χ2n) is 8.03. The van der Waals surface area contributed by atoms with Gasteiger partial charge in [0.1, 0.15) is 28.8 Å². The highest BCUT2D eigenvalue weighted by molar-refractivity contribution is 7.90. The molecule has 1 aromatic heterocycles. The van der Waals surface area contributed by atoms with Crippen LogP contribution < -0.4 is 4.72 Å². The molecule has 4 rings (SSSR count). The van der Waals surface area contributed by atoms with Gasteiger partial charge in [0.25, 0.3) is 0 Å². The number of hydrogen-bond donors (Lipinski definition) is 1. The van der Waals surface area contributed by atoms with Crippen LogP contribution in [0.2, 0.25) is 0 Å². The number of amides is 3. The lowest BCUT2D eigenvalue weighted by atomic mass is 9.99. The summed E-state index contributed by atoms with van der Waals surface area (Å²) >= 11 is 0. The molecule has 154 valence electrons. The predicted molar refractivity (Wildman–Crippen MR) is 104 cm³/mol. The van der Waals surface area contributed by atoms with E-state index < -0.39 is 32.8 Å². The van der Waals surface area contributed by atoms with Crippen LogP contribution in [0.15, 0.2) is 28.3 Å². The highest BCUT2D eigenvalue weighted by Crippen LogP contribution is 2.36. The first-order valence-corrected chi connectivity index (χ1v) is 10.9. The lowest BCUT2D eigenvalue weighted by Crippen LogP contribution is -2.50. The third kappa shape index (κ3) is 3.36. The van der Waals surface area contributed by atoms with Gasteiger partial charge in [0.15, 0.2) is 0 Å². The Balaban J connectivity index is 1.75. The summed E-state index contributed by atoms with van der Waals surface area (Å²) in [4.78, 5) is 26.5. The molecular weight excluding hydrogens is 396 g/mol. The number of hydrogen-bond acceptors (Lipinski definition) is 6. The molecule has 0 aromatic carbocycles. The zero-order chi connectivity index (χ0) is 21.1. The molecule has 0 spiro atoms. The molecule has 1 unspecified atom stereocenters. The third-order valence-electron chi connectivity index (χ3n) is 5.64. The molecule has 9 nitrogen and oxygen atoms in total. The summed E-state index contributed by atoms with van der Waals surface area (Å²) in [6, 6.07) is -0.489. The van der Waals surface area contributed by atoms with Gasteiger partial charge in [-0.1, -0.05) is 11.2 Å². The van der Waals surface area contributed by atoms with Crippen LogP contribution in [0.3, 0.4) is 0 Å². The number of nitrogens with zero attached hydrogens (tertiary/aromatic N) is 3. The van der Waals surface area contributed by atoms with Crippen molar-refractivity contribution in [3.05, 3.63) is 40.8 Å². The van der Waals surface area contributed by atoms with Crippen LogP contribution in [-0.4, -0.2) is 58.5 Å². The first-order valence-electron chi connectivity index (χ1n) is 9.34. The lowest BCUT2D eigenvalue weighted by molar-refractivity contribution is -0.452. The molecule has 2 aliphatic carbocycles. The molecule has 1 saturated carbocycles. The number of nitrogens with one attached hydrogen (secondary N) is 1. The fourth-order valence-electron chi connectivity index (χ4n) is 3.48. The van der Waals surface area contributed by atoms with E-state index in [0.29, 0.717) is 17.2 Å². The monoisotopic (exact) mass is 419 g/mol. The summed E-state index contributed by atoms with van der Waals surface area (Å²) in [6.07, 6.45) is 6.03. The van der Waals surface area contributed by atoms with Crippen LogP contribution in [0, 0.1) is 13.8 Å². The highest BCUT2D eigenvalue weighted by Gasteiger charge is 2.46. The van der Waals surface area contributed by atoms with Crippen molar-refractivity contribution < 1.29 is 27.1 Å². The van der Waals surface area contributed by atoms with Crippen molar-refractivity contribution in [3.8, 4) is 0 Å². The van der Waals surface area contributed by atoms with Crippen molar-refractivity contribution in [3.63, 3.8) is 0 Å². The summed E-state index contributed by atoms with van der Waals surface area (Å²) in [5.41, 5.74) is 1.57. The number of rotatable bonds is 5. The number of urea groups is 1. The maximum atomic E-state index is 12.8. The number of fused-ring (bicyclic) bond motifs is 1. The SMILES string of the molecule is Cc1noc(C)c1C[N+]1=C2C=CC(S(=O)(=O)NC3(C)CC3)C=C2C(=O)N(C)C1=O. The number of carbonyl (C=O) groups excluding carboxylic acids is 2. The predicted octanol–water partition coefficient (Wildman–Crippen LogP) is 1.17.